The molecule has 0 spiro atoms. The van der Waals surface area contributed by atoms with Gasteiger partial charge in [0.1, 0.15) is 90.4 Å². The van der Waals surface area contributed by atoms with Crippen LogP contribution in [-0.4, -0.2) is 268 Å². The van der Waals surface area contributed by atoms with Gasteiger partial charge in [-0.15, -0.1) is 0 Å². The van der Waals surface area contributed by atoms with Gasteiger partial charge in [0.25, 0.3) is 0 Å². The van der Waals surface area contributed by atoms with Crippen molar-refractivity contribution in [3.63, 3.8) is 0 Å². The predicted molar refractivity (Wildman–Crippen MR) is 489 cm³/mol. The Morgan fingerprint density at radius 3 is 1.79 bits per heavy atom. The van der Waals surface area contributed by atoms with Crippen LogP contribution in [0.2, 0.25) is 0 Å². The van der Waals surface area contributed by atoms with Crippen molar-refractivity contribution in [1.29, 1.82) is 5.41 Å². The second-order valence-corrected chi connectivity index (χ2v) is 34.5. The van der Waals surface area contributed by atoms with Gasteiger partial charge >= 0.3 is 5.97 Å². The summed E-state index contributed by atoms with van der Waals surface area (Å²) in [5.74, 6) is -22.3. The number of nitrogens with two attached hydrogens (primary N) is 6. The number of rotatable bonds is 45. The number of aliphatic hydroxyl groups excluding tert-OH is 1. The number of amides is 18. The van der Waals surface area contributed by atoms with E-state index in [1.165, 1.54) is 6.20 Å². The Balaban J connectivity index is 1.22. The molecule has 1 aromatic heterocycles. The number of carbonyl (C=O) groups is 19. The second kappa shape index (κ2) is 52.4. The highest BCUT2D eigenvalue weighted by molar-refractivity contribution is 7.99. The van der Waals surface area contributed by atoms with Gasteiger partial charge in [0.05, 0.1) is 18.9 Å². The molecule has 135 heavy (non-hydrogen) atoms. The lowest BCUT2D eigenvalue weighted by Gasteiger charge is -2.38. The molecule has 1 aliphatic carbocycles. The highest BCUT2D eigenvalue weighted by Gasteiger charge is 2.46. The number of carboxylic acids is 1. The molecule has 2 aliphatic heterocycles. The minimum absolute atomic E-state index is 0.0467. The van der Waals surface area contributed by atoms with E-state index in [1.54, 1.807) is 84.9 Å². The molecule has 732 valence electrons. The fourth-order valence-corrected chi connectivity index (χ4v) is 16.5. The van der Waals surface area contributed by atoms with E-state index in [2.05, 4.69) is 84.7 Å². The van der Waals surface area contributed by atoms with Crippen molar-refractivity contribution in [2.75, 3.05) is 44.4 Å². The quantitative estimate of drug-likeness (QED) is 0.00981. The zero-order chi connectivity index (χ0) is 98.6. The summed E-state index contributed by atoms with van der Waals surface area (Å²) in [7, 11) is 0. The van der Waals surface area contributed by atoms with Gasteiger partial charge in [-0.2, -0.15) is 11.8 Å². The van der Waals surface area contributed by atoms with Crippen LogP contribution in [0.15, 0.2) is 97.2 Å². The number of para-hydroxylation sites is 1. The largest absolute Gasteiger partial charge is 0.492 e. The molecule has 46 nitrogen and oxygen atoms in total. The van der Waals surface area contributed by atoms with Crippen molar-refractivity contribution in [3.05, 3.63) is 114 Å². The molecule has 2 saturated heterocycles. The number of ether oxygens (including phenoxy) is 2. The second-order valence-electron chi connectivity index (χ2n) is 33.4. The number of thioether (sulfide) groups is 1. The maximum atomic E-state index is 16.0. The van der Waals surface area contributed by atoms with Crippen LogP contribution in [0.3, 0.4) is 0 Å². The van der Waals surface area contributed by atoms with Crippen LogP contribution < -0.4 is 119 Å². The first-order valence-corrected chi connectivity index (χ1v) is 45.4. The zero-order valence-electron chi connectivity index (χ0n) is 74.8. The van der Waals surface area contributed by atoms with Crippen LogP contribution in [0.5, 0.6) is 5.75 Å². The summed E-state index contributed by atoms with van der Waals surface area (Å²) in [6.07, 6.45) is -4.12. The van der Waals surface area contributed by atoms with Crippen LogP contribution in [0, 0.1) is 5.41 Å². The molecule has 5 aromatic rings. The molecule has 47 heteroatoms. The fraction of sp³-hybridized carbons (Fsp3) is 0.500. The summed E-state index contributed by atoms with van der Waals surface area (Å²) in [6, 6.07) is 4.17. The van der Waals surface area contributed by atoms with Crippen molar-refractivity contribution >= 4 is 152 Å². The van der Waals surface area contributed by atoms with Gasteiger partial charge in [0, 0.05) is 113 Å². The van der Waals surface area contributed by atoms with Gasteiger partial charge in [0.15, 0.2) is 5.96 Å². The summed E-state index contributed by atoms with van der Waals surface area (Å²) < 4.78 is 11.8. The van der Waals surface area contributed by atoms with Crippen molar-refractivity contribution in [1.82, 2.24) is 84.7 Å². The molecular formula is C88H121N23O23S. The van der Waals surface area contributed by atoms with Crippen LogP contribution in [-0.2, 0) is 115 Å². The van der Waals surface area contributed by atoms with Crippen LogP contribution in [0.1, 0.15) is 140 Å². The Morgan fingerprint density at radius 2 is 1.15 bits per heavy atom. The van der Waals surface area contributed by atoms with Crippen LogP contribution in [0.25, 0.3) is 21.7 Å². The summed E-state index contributed by atoms with van der Waals surface area (Å²) >= 11 is 0.846. The van der Waals surface area contributed by atoms with E-state index in [-0.39, 0.29) is 64.2 Å². The van der Waals surface area contributed by atoms with Crippen molar-refractivity contribution in [2.45, 2.75) is 232 Å². The number of aliphatic hydroxyl groups is 1. The Bertz CT molecular complexity index is 5110. The maximum Gasteiger partial charge on any atom is 0.303 e. The van der Waals surface area contributed by atoms with Crippen LogP contribution >= 0.6 is 11.8 Å². The summed E-state index contributed by atoms with van der Waals surface area (Å²) in [5.41, 5.74) is 32.5. The number of aromatic amines is 1. The van der Waals surface area contributed by atoms with Crippen LogP contribution in [0.4, 0.5) is 0 Å². The van der Waals surface area contributed by atoms with Gasteiger partial charge in [0.2, 0.25) is 106 Å². The molecule has 3 fully saturated rings. The Labute approximate surface area is 779 Å². The number of benzene rings is 4. The lowest BCUT2D eigenvalue weighted by atomic mass is 9.87. The van der Waals surface area contributed by atoms with E-state index in [0.717, 1.165) is 56.7 Å². The first-order chi connectivity index (χ1) is 64.2. The number of aromatic nitrogens is 1. The lowest BCUT2D eigenvalue weighted by Crippen LogP contribution is -2.67. The molecule has 1 saturated carbocycles. The number of H-pyrrole nitrogens is 1. The van der Waals surface area contributed by atoms with E-state index >= 15 is 33.6 Å². The smallest absolute Gasteiger partial charge is 0.303 e. The highest BCUT2D eigenvalue weighted by Crippen LogP contribution is 2.27. The van der Waals surface area contributed by atoms with E-state index in [4.69, 9.17) is 49.3 Å². The third-order valence-electron chi connectivity index (χ3n) is 22.8. The van der Waals surface area contributed by atoms with E-state index < -0.39 is 279 Å². The molecule has 18 amide bonds. The number of guanidine groups is 1. The SMILES string of the molecule is CC(=O)NC(CCCNC(=N)N)C(=O)NC1CCSCC(C(=O)NC(Cc2ccc(OCCNC3CCCC3)cc2)C(=O)NC(Cc2ccc3ccccc3c2)C(=O)NC2(C(=O)NC(CCC(=O)O)C(=O)NC(CC(N)=O)C(=O)NC(CC(N)=O)C(N)=O)CCOCC2)NC(=O)C(CCC(N)=O)NC(=O)C(Cc2c[nH]c3ccccc23)NC(=O)C(C(C)O)NC(=O)C(CCC(N)=O)NC1=O. The first-order valence-electron chi connectivity index (χ1n) is 44.2. The number of hydrogen-bond acceptors (Lipinski definition) is 25. The molecule has 0 bridgehead atoms. The van der Waals surface area contributed by atoms with E-state index in [1.807, 2.05) is 6.07 Å². The van der Waals surface area contributed by atoms with Crippen molar-refractivity contribution < 1.29 is 111 Å². The molecule has 8 rings (SSSR count). The molecule has 4 aromatic carbocycles. The van der Waals surface area contributed by atoms with Crippen molar-refractivity contribution in [3.8, 4) is 5.75 Å². The Morgan fingerprint density at radius 1 is 0.578 bits per heavy atom. The lowest BCUT2D eigenvalue weighted by molar-refractivity contribution is -0.142. The zero-order valence-corrected chi connectivity index (χ0v) is 75.6. The minimum atomic E-state index is -2.12. The molecule has 3 heterocycles. The molecule has 13 unspecified atom stereocenters. The summed E-state index contributed by atoms with van der Waals surface area (Å²) in [5, 5.41) is 69.8. The standard InChI is InChI=1S/C88H121N23O23S/c1-46(112)73-85(131)107-65(41-52-44-98-56-15-8-7-14-55(52)56)81(127)101-58(23-26-68(89)114)76(122)108-67(45-135-37-29-61(78(124)100-59(79(125)110-73)24-27-69(90)115)102-75(121)57(99-47(2)113)16-9-32-97-87(94)95)83(129)104-63(39-48-18-21-54(22-19-48)134-36-33-96-53-12-5-6-13-53)80(126)105-64(40-49-17-20-50-10-3-4-11-51(50)38-49)84(130)111-88(30-34-133-35-31-88)86(132)109-60(25-28-72(118)119)77(123)106-66(43-71(92)117)82(128)103-62(74(93)120)42-70(91)116/h3-4,7-8,10-11,14-15,17-22,38,44,46,53,57-67,73,96,98,112H,5-6,9,12-13,16,23-37,39-43,45H2,1-2H3,(H2,89,114)(H2,90,115)(H2,91,116)(H2,92,117)(H2,93,120)(H,99,113)(H,100,124)(H,101,127)(H,102,121)(H,103,128)(H,104,129)(H,105,126)(H,106,123)(H,107,131)(H,108,122)(H,109,132)(H,110,125)(H,111,130)(H,118,119)(H4,94,95,97). The Kier molecular flexibility index (Phi) is 41.2. The van der Waals surface area contributed by atoms with Gasteiger partial charge in [-0.05, 0) is 110 Å². The average Bonchev–Trinajstić information content (AvgIpc) is 1.60. The first kappa shape index (κ1) is 106. The number of fused-ring (bicyclic) bond motifs is 2. The Hall–Kier alpha value is -14.1. The van der Waals surface area contributed by atoms with Gasteiger partial charge in [-0.3, -0.25) is 96.5 Å². The van der Waals surface area contributed by atoms with Gasteiger partial charge in [-0.25, -0.2) is 0 Å². The normalized spacial score (nSPS) is 19.6. The van der Waals surface area contributed by atoms with Gasteiger partial charge < -0.3 is 139 Å². The van der Waals surface area contributed by atoms with Gasteiger partial charge in [-0.1, -0.05) is 85.6 Å². The number of hydrogen-bond donors (Lipinski definition) is 25. The summed E-state index contributed by atoms with van der Waals surface area (Å²) in [4.78, 5) is 271. The van der Waals surface area contributed by atoms with E-state index in [9.17, 15) is 67.7 Å². The molecular weight excluding hydrogens is 1780 g/mol. The molecule has 13 atom stereocenters. The summed E-state index contributed by atoms with van der Waals surface area (Å²) in [6.45, 7) is 2.54. The fourth-order valence-electron chi connectivity index (χ4n) is 15.5. The van der Waals surface area contributed by atoms with Crippen molar-refractivity contribution in [2.24, 2.45) is 34.4 Å². The number of nitrogens with one attached hydrogen (secondary N) is 17. The monoisotopic (exact) mass is 1900 g/mol. The topological polar surface area (TPSA) is 759 Å². The highest BCUT2D eigenvalue weighted by atomic mass is 32.2. The number of primary amides is 5. The predicted octanol–water partition coefficient (Wildman–Crippen LogP) is -5.82. The third-order valence-corrected chi connectivity index (χ3v) is 23.9. The maximum absolute atomic E-state index is 16.0. The molecule has 0 radical (unpaired) electrons. The number of carbonyl (C=O) groups excluding carboxylic acids is 18. The molecule has 3 aliphatic rings. The average molecular weight is 1900 g/mol. The van der Waals surface area contributed by atoms with E-state index in [0.29, 0.717) is 51.3 Å². The molecule has 31 N–H and O–H groups in total. The third kappa shape index (κ3) is 34.5. The number of carboxylic acid groups (broad SMARTS) is 1. The minimum Gasteiger partial charge on any atom is -0.492 e. The number of aliphatic carboxylic acids is 1.